The molecule has 5 heteroatoms. The minimum absolute atomic E-state index is 0.114. The number of halogens is 1. The van der Waals surface area contributed by atoms with Crippen molar-refractivity contribution < 1.29 is 9.59 Å². The van der Waals surface area contributed by atoms with E-state index in [9.17, 15) is 9.59 Å². The molecule has 170 valence electrons. The second-order valence-electron chi connectivity index (χ2n) is 8.03. The fourth-order valence-electron chi connectivity index (χ4n) is 3.49. The van der Waals surface area contributed by atoms with E-state index in [0.717, 1.165) is 12.8 Å². The molecule has 0 aliphatic carbocycles. The van der Waals surface area contributed by atoms with E-state index < -0.39 is 0 Å². The van der Waals surface area contributed by atoms with Crippen LogP contribution in [-0.2, 0) is 4.79 Å². The van der Waals surface area contributed by atoms with Gasteiger partial charge in [0.05, 0.1) is 11.3 Å². The van der Waals surface area contributed by atoms with Crippen molar-refractivity contribution in [3.8, 4) is 0 Å². The molecule has 2 amide bonds. The Kier molecular flexibility index (Phi) is 16.1. The zero-order valence-electron chi connectivity index (χ0n) is 18.8. The maximum absolute atomic E-state index is 12.5. The van der Waals surface area contributed by atoms with Crippen LogP contribution in [0.1, 0.15) is 107 Å². The van der Waals surface area contributed by atoms with Crippen LogP contribution in [0.4, 0.5) is 5.69 Å². The minimum Gasteiger partial charge on any atom is -0.352 e. The molecule has 0 spiro atoms. The van der Waals surface area contributed by atoms with E-state index in [4.69, 9.17) is 11.6 Å². The monoisotopic (exact) mass is 436 g/mol. The first-order chi connectivity index (χ1) is 14.7. The van der Waals surface area contributed by atoms with Crippen LogP contribution in [0, 0.1) is 0 Å². The van der Waals surface area contributed by atoms with Crippen LogP contribution in [0.2, 0.25) is 0 Å². The van der Waals surface area contributed by atoms with Gasteiger partial charge in [-0.05, 0) is 25.0 Å². The molecule has 0 aromatic heterocycles. The summed E-state index contributed by atoms with van der Waals surface area (Å²) in [5.41, 5.74) is 1.07. The van der Waals surface area contributed by atoms with Gasteiger partial charge in [-0.3, -0.25) is 9.59 Å². The molecule has 0 saturated heterocycles. The SMILES string of the molecule is CCCCCCCCCCCCCCNC(=O)c1ccccc1NC(=O)CCCCl. The number of hydrogen-bond acceptors (Lipinski definition) is 2. The van der Waals surface area contributed by atoms with Crippen molar-refractivity contribution in [3.05, 3.63) is 29.8 Å². The third-order valence-electron chi connectivity index (χ3n) is 5.30. The third-order valence-corrected chi connectivity index (χ3v) is 5.57. The summed E-state index contributed by atoms with van der Waals surface area (Å²) in [6, 6.07) is 7.14. The molecule has 0 saturated carbocycles. The molecule has 1 aromatic rings. The average Bonchev–Trinajstić information content (AvgIpc) is 2.75. The first-order valence-electron chi connectivity index (χ1n) is 11.9. The van der Waals surface area contributed by atoms with Gasteiger partial charge in [0.25, 0.3) is 5.91 Å². The molecular formula is C25H41ClN2O2. The van der Waals surface area contributed by atoms with Crippen molar-refractivity contribution in [1.82, 2.24) is 5.32 Å². The second kappa shape index (κ2) is 18.2. The Balaban J connectivity index is 2.12. The largest absolute Gasteiger partial charge is 0.352 e. The summed E-state index contributed by atoms with van der Waals surface area (Å²) in [5.74, 6) is 0.206. The number of unbranched alkanes of at least 4 members (excludes halogenated alkanes) is 11. The first-order valence-corrected chi connectivity index (χ1v) is 12.5. The molecule has 0 aliphatic heterocycles. The number of anilines is 1. The van der Waals surface area contributed by atoms with Gasteiger partial charge in [0, 0.05) is 18.8 Å². The van der Waals surface area contributed by atoms with Crippen molar-refractivity contribution in [2.75, 3.05) is 17.7 Å². The van der Waals surface area contributed by atoms with Crippen LogP contribution in [0.15, 0.2) is 24.3 Å². The summed E-state index contributed by atoms with van der Waals surface area (Å²) >= 11 is 5.63. The Labute approximate surface area is 188 Å². The Morgan fingerprint density at radius 2 is 1.37 bits per heavy atom. The Morgan fingerprint density at radius 3 is 1.97 bits per heavy atom. The predicted molar refractivity (Wildman–Crippen MR) is 128 cm³/mol. The smallest absolute Gasteiger partial charge is 0.253 e. The third kappa shape index (κ3) is 12.9. The normalized spacial score (nSPS) is 10.7. The van der Waals surface area contributed by atoms with Crippen LogP contribution in [0.3, 0.4) is 0 Å². The quantitative estimate of drug-likeness (QED) is 0.191. The molecule has 1 rings (SSSR count). The van der Waals surface area contributed by atoms with Crippen LogP contribution in [0.25, 0.3) is 0 Å². The van der Waals surface area contributed by atoms with E-state index in [1.165, 1.54) is 64.2 Å². The maximum Gasteiger partial charge on any atom is 0.253 e. The lowest BCUT2D eigenvalue weighted by Crippen LogP contribution is -2.26. The van der Waals surface area contributed by atoms with E-state index in [1.807, 2.05) is 12.1 Å². The van der Waals surface area contributed by atoms with Crippen LogP contribution in [-0.4, -0.2) is 24.2 Å². The van der Waals surface area contributed by atoms with Crippen LogP contribution >= 0.6 is 11.6 Å². The fraction of sp³-hybridized carbons (Fsp3) is 0.680. The highest BCUT2D eigenvalue weighted by atomic mass is 35.5. The van der Waals surface area contributed by atoms with Gasteiger partial charge in [-0.1, -0.05) is 89.7 Å². The van der Waals surface area contributed by atoms with Gasteiger partial charge >= 0.3 is 0 Å². The maximum atomic E-state index is 12.5. The summed E-state index contributed by atoms with van der Waals surface area (Å²) in [7, 11) is 0. The molecular weight excluding hydrogens is 396 g/mol. The van der Waals surface area contributed by atoms with Gasteiger partial charge in [0.1, 0.15) is 0 Å². The molecule has 2 N–H and O–H groups in total. The van der Waals surface area contributed by atoms with Crippen LogP contribution in [0.5, 0.6) is 0 Å². The number of benzene rings is 1. The minimum atomic E-state index is -0.133. The molecule has 0 heterocycles. The van der Waals surface area contributed by atoms with E-state index >= 15 is 0 Å². The molecule has 4 nitrogen and oxygen atoms in total. The van der Waals surface area contributed by atoms with Crippen molar-refractivity contribution in [2.24, 2.45) is 0 Å². The number of nitrogens with one attached hydrogen (secondary N) is 2. The number of para-hydroxylation sites is 1. The summed E-state index contributed by atoms with van der Waals surface area (Å²) in [5, 5.41) is 5.80. The number of hydrogen-bond donors (Lipinski definition) is 2. The zero-order valence-corrected chi connectivity index (χ0v) is 19.6. The summed E-state index contributed by atoms with van der Waals surface area (Å²) in [4.78, 5) is 24.4. The predicted octanol–water partition coefficient (Wildman–Crippen LogP) is 7.08. The van der Waals surface area contributed by atoms with Crippen molar-refractivity contribution in [1.29, 1.82) is 0 Å². The standard InChI is InChI=1S/C25H41ClN2O2/c1-2-3-4-5-6-7-8-9-10-11-12-15-21-27-25(30)22-17-13-14-18-23(22)28-24(29)19-16-20-26/h13-14,17-18H,2-12,15-16,19-21H2,1H3,(H,27,30)(H,28,29). The van der Waals surface area contributed by atoms with Gasteiger partial charge in [-0.15, -0.1) is 11.6 Å². The molecule has 1 aromatic carbocycles. The van der Waals surface area contributed by atoms with Crippen LogP contribution < -0.4 is 10.6 Å². The fourth-order valence-corrected chi connectivity index (χ4v) is 3.63. The van der Waals surface area contributed by atoms with Crippen molar-refractivity contribution in [3.63, 3.8) is 0 Å². The highest BCUT2D eigenvalue weighted by Crippen LogP contribution is 2.16. The molecule has 0 bridgehead atoms. The lowest BCUT2D eigenvalue weighted by atomic mass is 10.1. The summed E-state index contributed by atoms with van der Waals surface area (Å²) < 4.78 is 0. The lowest BCUT2D eigenvalue weighted by molar-refractivity contribution is -0.116. The Morgan fingerprint density at radius 1 is 0.800 bits per heavy atom. The first kappa shape index (κ1) is 26.5. The second-order valence-corrected chi connectivity index (χ2v) is 8.41. The van der Waals surface area contributed by atoms with E-state index in [-0.39, 0.29) is 11.8 Å². The molecule has 0 atom stereocenters. The van der Waals surface area contributed by atoms with Gasteiger partial charge in [-0.25, -0.2) is 0 Å². The number of alkyl halides is 1. The summed E-state index contributed by atoms with van der Waals surface area (Å²) in [6.45, 7) is 2.93. The molecule has 0 fully saturated rings. The van der Waals surface area contributed by atoms with Crippen molar-refractivity contribution in [2.45, 2.75) is 96.8 Å². The van der Waals surface area contributed by atoms with Gasteiger partial charge < -0.3 is 10.6 Å². The molecule has 0 unspecified atom stereocenters. The number of rotatable bonds is 18. The van der Waals surface area contributed by atoms with E-state index in [2.05, 4.69) is 17.6 Å². The van der Waals surface area contributed by atoms with E-state index in [0.29, 0.717) is 36.5 Å². The average molecular weight is 437 g/mol. The Hall–Kier alpha value is -1.55. The number of carbonyl (C=O) groups is 2. The molecule has 0 aliphatic rings. The highest BCUT2D eigenvalue weighted by molar-refractivity contribution is 6.18. The number of carbonyl (C=O) groups excluding carboxylic acids is 2. The van der Waals surface area contributed by atoms with Gasteiger partial charge in [0.2, 0.25) is 5.91 Å². The van der Waals surface area contributed by atoms with Gasteiger partial charge in [0.15, 0.2) is 0 Å². The molecule has 30 heavy (non-hydrogen) atoms. The Bertz CT molecular complexity index is 592. The van der Waals surface area contributed by atoms with Crippen molar-refractivity contribution >= 4 is 29.1 Å². The molecule has 0 radical (unpaired) electrons. The summed E-state index contributed by atoms with van der Waals surface area (Å²) in [6.07, 6.45) is 16.6. The zero-order chi connectivity index (χ0) is 21.9. The highest BCUT2D eigenvalue weighted by Gasteiger charge is 2.12. The number of amides is 2. The topological polar surface area (TPSA) is 58.2 Å². The van der Waals surface area contributed by atoms with E-state index in [1.54, 1.807) is 12.1 Å². The lowest BCUT2D eigenvalue weighted by Gasteiger charge is -2.11. The van der Waals surface area contributed by atoms with Gasteiger partial charge in [-0.2, -0.15) is 0 Å².